The number of carbonyl (C=O) groups is 1. The van der Waals surface area contributed by atoms with Crippen molar-refractivity contribution in [3.8, 4) is 0 Å². The zero-order valence-corrected chi connectivity index (χ0v) is 16.9. The maximum atomic E-state index is 13.2. The quantitative estimate of drug-likeness (QED) is 0.535. The van der Waals surface area contributed by atoms with E-state index in [0.29, 0.717) is 5.91 Å². The molecule has 0 radical (unpaired) electrons. The molecule has 1 saturated heterocycles. The molecule has 2 nitrogen and oxygen atoms in total. The van der Waals surface area contributed by atoms with Crippen LogP contribution in [0.3, 0.4) is 0 Å². The minimum Gasteiger partial charge on any atom is -0.342 e. The van der Waals surface area contributed by atoms with Gasteiger partial charge in [0.15, 0.2) is 0 Å². The van der Waals surface area contributed by atoms with Crippen molar-refractivity contribution in [1.29, 1.82) is 0 Å². The summed E-state index contributed by atoms with van der Waals surface area (Å²) in [4.78, 5) is 15.6. The lowest BCUT2D eigenvalue weighted by molar-refractivity contribution is -0.173. The third kappa shape index (κ3) is 1.58. The van der Waals surface area contributed by atoms with Gasteiger partial charge in [-0.3, -0.25) is 4.79 Å². The minimum atomic E-state index is -0.204. The number of nitrogens with zero attached hydrogens (tertiary/aromatic N) is 1. The van der Waals surface area contributed by atoms with E-state index < -0.39 is 0 Å². The van der Waals surface area contributed by atoms with E-state index in [1.165, 1.54) is 19.3 Å². The standard InChI is InChI=1S/C15H22Br3NO/c1-13(2)14(11(17)18)6-7-15(13,10(14)16)12(20)19-8-4-3-5-9-19/h10-11H,3-9H2,1-2H3/t10-,14+,15-/m1/s1. The molecule has 3 atom stereocenters. The van der Waals surface area contributed by atoms with Gasteiger partial charge in [0.25, 0.3) is 0 Å². The molecule has 1 heterocycles. The molecule has 2 bridgehead atoms. The smallest absolute Gasteiger partial charge is 0.230 e. The van der Waals surface area contributed by atoms with Gasteiger partial charge in [-0.1, -0.05) is 61.6 Å². The molecule has 0 N–H and O–H groups in total. The van der Waals surface area contributed by atoms with Gasteiger partial charge in [0, 0.05) is 23.3 Å². The topological polar surface area (TPSA) is 20.3 Å². The van der Waals surface area contributed by atoms with E-state index in [-0.39, 0.29) is 24.8 Å². The molecule has 0 spiro atoms. The van der Waals surface area contributed by atoms with Crippen LogP contribution in [0.2, 0.25) is 0 Å². The Morgan fingerprint density at radius 3 is 2.20 bits per heavy atom. The van der Waals surface area contributed by atoms with Crippen molar-refractivity contribution in [3.05, 3.63) is 0 Å². The van der Waals surface area contributed by atoms with Gasteiger partial charge in [-0.25, -0.2) is 0 Å². The summed E-state index contributed by atoms with van der Waals surface area (Å²) in [6.45, 7) is 6.48. The summed E-state index contributed by atoms with van der Waals surface area (Å²) in [5, 5.41) is 0. The molecular formula is C15H22Br3NO. The lowest BCUT2D eigenvalue weighted by atomic mass is 9.43. The van der Waals surface area contributed by atoms with Gasteiger partial charge in [-0.2, -0.15) is 0 Å². The Hall–Kier alpha value is 0.910. The Bertz CT molecular complexity index is 433. The Kier molecular flexibility index (Phi) is 3.91. The number of halogens is 3. The molecule has 5 heteroatoms. The van der Waals surface area contributed by atoms with E-state index in [1.807, 2.05) is 0 Å². The minimum absolute atomic E-state index is 0.0281. The molecule has 1 aliphatic heterocycles. The van der Waals surface area contributed by atoms with Gasteiger partial charge < -0.3 is 4.90 Å². The Morgan fingerprint density at radius 2 is 1.75 bits per heavy atom. The molecule has 0 aromatic rings. The van der Waals surface area contributed by atoms with E-state index in [1.54, 1.807) is 0 Å². The summed E-state index contributed by atoms with van der Waals surface area (Å²) in [6.07, 6.45) is 5.72. The SMILES string of the molecule is CC1(C)[C@]2(C(=O)N3CCCCC3)CC[C@@]1(C(Br)Br)[C@H]2Br. The van der Waals surface area contributed by atoms with Crippen LogP contribution in [0.25, 0.3) is 0 Å². The highest BCUT2D eigenvalue weighted by Crippen LogP contribution is 2.82. The average Bonchev–Trinajstić information content (AvgIpc) is 2.88. The zero-order chi connectivity index (χ0) is 14.8. The van der Waals surface area contributed by atoms with Gasteiger partial charge in [-0.05, 0) is 37.5 Å². The summed E-state index contributed by atoms with van der Waals surface area (Å²) in [5.74, 6) is 0.401. The summed E-state index contributed by atoms with van der Waals surface area (Å²) in [5.41, 5.74) is -0.0387. The van der Waals surface area contributed by atoms with Gasteiger partial charge in [0.05, 0.1) is 9.15 Å². The van der Waals surface area contributed by atoms with Crippen LogP contribution in [0.15, 0.2) is 0 Å². The summed E-state index contributed by atoms with van der Waals surface area (Å²) < 4.78 is 0.256. The second kappa shape index (κ2) is 4.95. The lowest BCUT2D eigenvalue weighted by Gasteiger charge is -2.66. The number of rotatable bonds is 2. The van der Waals surface area contributed by atoms with Crippen LogP contribution in [0.5, 0.6) is 0 Å². The average molecular weight is 472 g/mol. The normalized spacial score (nSPS) is 42.7. The van der Waals surface area contributed by atoms with Crippen LogP contribution in [0, 0.1) is 16.2 Å². The fourth-order valence-electron chi connectivity index (χ4n) is 5.05. The van der Waals surface area contributed by atoms with Crippen LogP contribution >= 0.6 is 47.8 Å². The molecule has 3 aliphatic carbocycles. The number of piperidine rings is 1. The predicted octanol–water partition coefficient (Wildman–Crippen LogP) is 4.68. The fraction of sp³-hybridized carbons (Fsp3) is 0.933. The first kappa shape index (κ1) is 15.8. The van der Waals surface area contributed by atoms with Crippen LogP contribution in [0.4, 0.5) is 0 Å². The van der Waals surface area contributed by atoms with E-state index >= 15 is 0 Å². The van der Waals surface area contributed by atoms with Gasteiger partial charge in [-0.15, -0.1) is 0 Å². The summed E-state index contributed by atoms with van der Waals surface area (Å²) >= 11 is 11.4. The highest BCUT2D eigenvalue weighted by Gasteiger charge is 2.83. The number of carbonyl (C=O) groups excluding carboxylic acids is 1. The van der Waals surface area contributed by atoms with Crippen molar-refractivity contribution in [2.75, 3.05) is 13.1 Å². The first-order valence-electron chi connectivity index (χ1n) is 7.54. The molecule has 4 fully saturated rings. The Morgan fingerprint density at radius 1 is 1.15 bits per heavy atom. The van der Waals surface area contributed by atoms with Crippen molar-refractivity contribution in [3.63, 3.8) is 0 Å². The highest BCUT2D eigenvalue weighted by molar-refractivity contribution is 9.24. The fourth-order valence-corrected chi connectivity index (χ4v) is 9.95. The van der Waals surface area contributed by atoms with Crippen LogP contribution in [-0.2, 0) is 4.79 Å². The lowest BCUT2D eigenvalue weighted by Crippen LogP contribution is -2.72. The molecule has 1 amide bonds. The zero-order valence-electron chi connectivity index (χ0n) is 12.1. The second-order valence-electron chi connectivity index (χ2n) is 7.15. The first-order valence-corrected chi connectivity index (χ1v) is 10.3. The van der Waals surface area contributed by atoms with E-state index in [0.717, 1.165) is 25.9 Å². The predicted molar refractivity (Wildman–Crippen MR) is 92.7 cm³/mol. The monoisotopic (exact) mass is 469 g/mol. The Balaban J connectivity index is 1.92. The number of likely N-dealkylation sites (tertiary alicyclic amines) is 1. The highest BCUT2D eigenvalue weighted by atomic mass is 79.9. The number of amides is 1. The molecule has 114 valence electrons. The molecule has 0 aromatic heterocycles. The van der Waals surface area contributed by atoms with Crippen molar-refractivity contribution in [2.45, 2.75) is 54.5 Å². The van der Waals surface area contributed by atoms with E-state index in [2.05, 4.69) is 66.5 Å². The maximum absolute atomic E-state index is 13.2. The van der Waals surface area contributed by atoms with Crippen molar-refractivity contribution >= 4 is 53.7 Å². The van der Waals surface area contributed by atoms with Gasteiger partial charge in [0.2, 0.25) is 5.91 Å². The van der Waals surface area contributed by atoms with Crippen molar-refractivity contribution < 1.29 is 4.79 Å². The van der Waals surface area contributed by atoms with Crippen LogP contribution in [-0.4, -0.2) is 32.5 Å². The second-order valence-corrected chi connectivity index (χ2v) is 11.1. The molecular weight excluding hydrogens is 450 g/mol. The number of hydrogen-bond acceptors (Lipinski definition) is 1. The summed E-state index contributed by atoms with van der Waals surface area (Å²) in [6, 6.07) is 0. The Labute approximate surface area is 146 Å². The number of fused-ring (bicyclic) bond motifs is 1. The van der Waals surface area contributed by atoms with Crippen LogP contribution in [0.1, 0.15) is 46.0 Å². The molecule has 3 saturated carbocycles. The summed E-state index contributed by atoms with van der Waals surface area (Å²) in [7, 11) is 0. The molecule has 4 aliphatic rings. The molecule has 4 rings (SSSR count). The number of hydrogen-bond donors (Lipinski definition) is 0. The van der Waals surface area contributed by atoms with Crippen LogP contribution < -0.4 is 0 Å². The molecule has 0 aromatic carbocycles. The van der Waals surface area contributed by atoms with E-state index in [4.69, 9.17) is 0 Å². The van der Waals surface area contributed by atoms with E-state index in [9.17, 15) is 4.79 Å². The third-order valence-corrected chi connectivity index (χ3v) is 9.74. The van der Waals surface area contributed by atoms with Crippen molar-refractivity contribution in [1.82, 2.24) is 4.90 Å². The maximum Gasteiger partial charge on any atom is 0.230 e. The third-order valence-electron chi connectivity index (χ3n) is 6.51. The first-order chi connectivity index (χ1) is 9.32. The van der Waals surface area contributed by atoms with Gasteiger partial charge >= 0.3 is 0 Å². The molecule has 20 heavy (non-hydrogen) atoms. The number of alkyl halides is 3. The van der Waals surface area contributed by atoms with Crippen molar-refractivity contribution in [2.24, 2.45) is 16.2 Å². The largest absolute Gasteiger partial charge is 0.342 e. The van der Waals surface area contributed by atoms with Gasteiger partial charge in [0.1, 0.15) is 0 Å². The molecule has 0 unspecified atom stereocenters.